The SMILES string of the molecule is Cc1ccc(CNc2ccc(Br)cc2C(=O)O)s1. The summed E-state index contributed by atoms with van der Waals surface area (Å²) in [5, 5.41) is 12.3. The summed E-state index contributed by atoms with van der Waals surface area (Å²) in [6, 6.07) is 9.31. The van der Waals surface area contributed by atoms with Gasteiger partial charge in [-0.1, -0.05) is 15.9 Å². The zero-order valence-corrected chi connectivity index (χ0v) is 12.1. The van der Waals surface area contributed by atoms with Gasteiger partial charge in [0.25, 0.3) is 0 Å². The maximum absolute atomic E-state index is 11.1. The molecule has 0 amide bonds. The zero-order valence-electron chi connectivity index (χ0n) is 9.74. The van der Waals surface area contributed by atoms with Crippen molar-refractivity contribution in [3.05, 3.63) is 50.1 Å². The van der Waals surface area contributed by atoms with Crippen molar-refractivity contribution in [2.45, 2.75) is 13.5 Å². The van der Waals surface area contributed by atoms with Gasteiger partial charge < -0.3 is 10.4 Å². The third-order valence-electron chi connectivity index (χ3n) is 2.46. The highest BCUT2D eigenvalue weighted by Gasteiger charge is 2.10. The highest BCUT2D eigenvalue weighted by atomic mass is 79.9. The smallest absolute Gasteiger partial charge is 0.337 e. The lowest BCUT2D eigenvalue weighted by atomic mass is 10.2. The Kier molecular flexibility index (Phi) is 4.04. The van der Waals surface area contributed by atoms with Crippen LogP contribution in [0.5, 0.6) is 0 Å². The molecule has 5 heteroatoms. The second kappa shape index (κ2) is 5.54. The fourth-order valence-corrected chi connectivity index (χ4v) is 2.80. The van der Waals surface area contributed by atoms with Crippen LogP contribution in [-0.4, -0.2) is 11.1 Å². The van der Waals surface area contributed by atoms with Crippen molar-refractivity contribution in [1.29, 1.82) is 0 Å². The van der Waals surface area contributed by atoms with E-state index >= 15 is 0 Å². The van der Waals surface area contributed by atoms with E-state index in [1.807, 2.05) is 12.1 Å². The Hall–Kier alpha value is -1.33. The van der Waals surface area contributed by atoms with E-state index in [0.29, 0.717) is 12.2 Å². The molecule has 0 saturated carbocycles. The van der Waals surface area contributed by atoms with Crippen molar-refractivity contribution in [1.82, 2.24) is 0 Å². The zero-order chi connectivity index (χ0) is 13.1. The van der Waals surface area contributed by atoms with E-state index in [2.05, 4.69) is 34.2 Å². The molecule has 2 N–H and O–H groups in total. The first-order chi connectivity index (χ1) is 8.56. The van der Waals surface area contributed by atoms with Crippen molar-refractivity contribution in [3.8, 4) is 0 Å². The summed E-state index contributed by atoms with van der Waals surface area (Å²) in [6.45, 7) is 2.69. The minimum Gasteiger partial charge on any atom is -0.478 e. The molecule has 0 aliphatic heterocycles. The highest BCUT2D eigenvalue weighted by Crippen LogP contribution is 2.23. The molecule has 0 atom stereocenters. The second-order valence-electron chi connectivity index (χ2n) is 3.86. The predicted molar refractivity (Wildman–Crippen MR) is 77.5 cm³/mol. The molecule has 0 radical (unpaired) electrons. The molecule has 0 aliphatic carbocycles. The summed E-state index contributed by atoms with van der Waals surface area (Å²) in [4.78, 5) is 13.6. The number of carboxylic acid groups (broad SMARTS) is 1. The number of benzene rings is 1. The van der Waals surface area contributed by atoms with Crippen LogP contribution >= 0.6 is 27.3 Å². The van der Waals surface area contributed by atoms with Crippen molar-refractivity contribution >= 4 is 38.9 Å². The molecule has 0 saturated heterocycles. The van der Waals surface area contributed by atoms with Crippen molar-refractivity contribution in [2.24, 2.45) is 0 Å². The topological polar surface area (TPSA) is 49.3 Å². The maximum Gasteiger partial charge on any atom is 0.337 e. The number of aromatic carboxylic acids is 1. The molecule has 1 aromatic heterocycles. The van der Waals surface area contributed by atoms with Gasteiger partial charge in [-0.25, -0.2) is 4.79 Å². The molecule has 3 nitrogen and oxygen atoms in total. The van der Waals surface area contributed by atoms with Crippen molar-refractivity contribution in [3.63, 3.8) is 0 Å². The van der Waals surface area contributed by atoms with Gasteiger partial charge in [0.15, 0.2) is 0 Å². The van der Waals surface area contributed by atoms with Crippen molar-refractivity contribution < 1.29 is 9.90 Å². The number of hydrogen-bond donors (Lipinski definition) is 2. The largest absolute Gasteiger partial charge is 0.478 e. The molecule has 1 heterocycles. The van der Waals surface area contributed by atoms with Gasteiger partial charge in [0.1, 0.15) is 0 Å². The van der Waals surface area contributed by atoms with Crippen LogP contribution in [-0.2, 0) is 6.54 Å². The number of hydrogen-bond acceptors (Lipinski definition) is 3. The molecule has 0 unspecified atom stereocenters. The molecule has 0 fully saturated rings. The van der Waals surface area contributed by atoms with Crippen LogP contribution in [0.4, 0.5) is 5.69 Å². The number of carbonyl (C=O) groups is 1. The van der Waals surface area contributed by atoms with Gasteiger partial charge in [0.2, 0.25) is 0 Å². The number of anilines is 1. The number of rotatable bonds is 4. The molecular weight excluding hydrogens is 314 g/mol. The lowest BCUT2D eigenvalue weighted by Gasteiger charge is -2.08. The van der Waals surface area contributed by atoms with E-state index < -0.39 is 5.97 Å². The van der Waals surface area contributed by atoms with Crippen molar-refractivity contribution in [2.75, 3.05) is 5.32 Å². The van der Waals surface area contributed by atoms with Gasteiger partial charge in [-0.3, -0.25) is 0 Å². The monoisotopic (exact) mass is 325 g/mol. The summed E-state index contributed by atoms with van der Waals surface area (Å²) in [5.74, 6) is -0.929. The third-order valence-corrected chi connectivity index (χ3v) is 3.96. The lowest BCUT2D eigenvalue weighted by Crippen LogP contribution is -2.05. The summed E-state index contributed by atoms with van der Waals surface area (Å²) in [6.07, 6.45) is 0. The van der Waals surface area contributed by atoms with E-state index in [1.165, 1.54) is 9.75 Å². The Balaban J connectivity index is 2.16. The van der Waals surface area contributed by atoms with Crippen LogP contribution in [0.3, 0.4) is 0 Å². The normalized spacial score (nSPS) is 10.3. The molecule has 94 valence electrons. The highest BCUT2D eigenvalue weighted by molar-refractivity contribution is 9.10. The van der Waals surface area contributed by atoms with Crippen LogP contribution in [0.25, 0.3) is 0 Å². The summed E-state index contributed by atoms with van der Waals surface area (Å²) in [5.41, 5.74) is 0.911. The number of nitrogens with one attached hydrogen (secondary N) is 1. The molecule has 1 aromatic carbocycles. The molecule has 2 aromatic rings. The van der Waals surface area contributed by atoms with Gasteiger partial charge in [0, 0.05) is 26.5 Å². The first kappa shape index (κ1) is 13.1. The van der Waals surface area contributed by atoms with Gasteiger partial charge >= 0.3 is 5.97 Å². The minimum atomic E-state index is -0.929. The van der Waals surface area contributed by atoms with Crippen LogP contribution in [0, 0.1) is 6.92 Å². The van der Waals surface area contributed by atoms with Crippen LogP contribution in [0.1, 0.15) is 20.1 Å². The summed E-state index contributed by atoms with van der Waals surface area (Å²) < 4.78 is 0.761. The number of aryl methyl sites for hydroxylation is 1. The second-order valence-corrected chi connectivity index (χ2v) is 6.15. The van der Waals surface area contributed by atoms with Gasteiger partial charge in [-0.05, 0) is 37.3 Å². The fourth-order valence-electron chi connectivity index (χ4n) is 1.61. The standard InChI is InChI=1S/C13H12BrNO2S/c1-8-2-4-10(18-8)7-15-12-5-3-9(14)6-11(12)13(16)17/h2-6,15H,7H2,1H3,(H,16,17). The van der Waals surface area contributed by atoms with Gasteiger partial charge in [-0.15, -0.1) is 11.3 Å². The van der Waals surface area contributed by atoms with Crippen LogP contribution < -0.4 is 5.32 Å². The number of carboxylic acids is 1. The molecule has 18 heavy (non-hydrogen) atoms. The number of thiophene rings is 1. The molecule has 0 aliphatic rings. The molecule has 2 rings (SSSR count). The average Bonchev–Trinajstić information content (AvgIpc) is 2.73. The maximum atomic E-state index is 11.1. The molecular formula is C13H12BrNO2S. The Morgan fingerprint density at radius 1 is 1.39 bits per heavy atom. The fraction of sp³-hybridized carbons (Fsp3) is 0.154. The summed E-state index contributed by atoms with van der Waals surface area (Å²) in [7, 11) is 0. The lowest BCUT2D eigenvalue weighted by molar-refractivity contribution is 0.0698. The van der Waals surface area contributed by atoms with E-state index in [0.717, 1.165) is 4.47 Å². The third kappa shape index (κ3) is 3.11. The summed E-state index contributed by atoms with van der Waals surface area (Å²) >= 11 is 4.98. The van der Waals surface area contributed by atoms with E-state index in [-0.39, 0.29) is 5.56 Å². The van der Waals surface area contributed by atoms with E-state index in [4.69, 9.17) is 5.11 Å². The average molecular weight is 326 g/mol. The Morgan fingerprint density at radius 2 is 2.17 bits per heavy atom. The van der Waals surface area contributed by atoms with E-state index in [9.17, 15) is 4.79 Å². The van der Waals surface area contributed by atoms with Crippen LogP contribution in [0.15, 0.2) is 34.8 Å². The minimum absolute atomic E-state index is 0.276. The Labute approximate surface area is 118 Å². The van der Waals surface area contributed by atoms with Gasteiger partial charge in [0.05, 0.1) is 5.56 Å². The Morgan fingerprint density at radius 3 is 2.78 bits per heavy atom. The Bertz CT molecular complexity index is 580. The molecule has 0 spiro atoms. The predicted octanol–water partition coefficient (Wildman–Crippen LogP) is 4.13. The first-order valence-corrected chi connectivity index (χ1v) is 6.99. The first-order valence-electron chi connectivity index (χ1n) is 5.38. The quantitative estimate of drug-likeness (QED) is 0.888. The molecule has 0 bridgehead atoms. The van der Waals surface area contributed by atoms with Crippen LogP contribution in [0.2, 0.25) is 0 Å². The van der Waals surface area contributed by atoms with E-state index in [1.54, 1.807) is 23.5 Å². The number of halogens is 1. The van der Waals surface area contributed by atoms with Gasteiger partial charge in [-0.2, -0.15) is 0 Å².